The van der Waals surface area contributed by atoms with Crippen molar-refractivity contribution in [2.24, 2.45) is 40.4 Å². The molecule has 0 bridgehead atoms. The lowest BCUT2D eigenvalue weighted by atomic mass is 9.43. The minimum atomic E-state index is -0.527. The van der Waals surface area contributed by atoms with Gasteiger partial charge in [0.1, 0.15) is 0 Å². The fourth-order valence-electron chi connectivity index (χ4n) is 9.73. The number of para-hydroxylation sites is 2. The number of fused-ring (bicyclic) bond motifs is 6. The van der Waals surface area contributed by atoms with Gasteiger partial charge in [-0.3, -0.25) is 4.79 Å². The minimum absolute atomic E-state index is 0.107. The molecule has 5 heteroatoms. The molecule has 1 aromatic carbocycles. The molecule has 35 heavy (non-hydrogen) atoms. The van der Waals surface area contributed by atoms with Gasteiger partial charge in [0, 0.05) is 13.0 Å². The second kappa shape index (κ2) is 8.41. The van der Waals surface area contributed by atoms with Gasteiger partial charge in [-0.2, -0.15) is 0 Å². The van der Waals surface area contributed by atoms with E-state index in [1.54, 1.807) is 0 Å². The molecule has 4 fully saturated rings. The van der Waals surface area contributed by atoms with Gasteiger partial charge < -0.3 is 14.4 Å². The average Bonchev–Trinajstić information content (AvgIpc) is 3.40. The maximum absolute atomic E-state index is 13.7. The summed E-state index contributed by atoms with van der Waals surface area (Å²) in [6.45, 7) is 5.74. The van der Waals surface area contributed by atoms with Crippen molar-refractivity contribution in [2.75, 3.05) is 13.7 Å². The largest absolute Gasteiger partial charge is 0.390 e. The molecule has 190 valence electrons. The van der Waals surface area contributed by atoms with Gasteiger partial charge in [-0.05, 0) is 111 Å². The first-order valence-electron chi connectivity index (χ1n) is 13.9. The van der Waals surface area contributed by atoms with Crippen LogP contribution in [0.4, 0.5) is 0 Å². The highest BCUT2D eigenvalue weighted by Gasteiger charge is 2.63. The number of benzene rings is 1. The van der Waals surface area contributed by atoms with E-state index in [9.17, 15) is 9.90 Å². The lowest BCUT2D eigenvalue weighted by molar-refractivity contribution is -0.175. The number of rotatable bonds is 5. The zero-order valence-electron chi connectivity index (χ0n) is 21.7. The molecule has 4 saturated carbocycles. The Balaban J connectivity index is 1.24. The van der Waals surface area contributed by atoms with Gasteiger partial charge in [0.25, 0.3) is 0 Å². The first kappa shape index (κ1) is 23.7. The Hall–Kier alpha value is -1.72. The van der Waals surface area contributed by atoms with Crippen molar-refractivity contribution in [1.29, 1.82) is 0 Å². The van der Waals surface area contributed by atoms with Crippen molar-refractivity contribution < 1.29 is 14.6 Å². The zero-order valence-corrected chi connectivity index (χ0v) is 21.7. The summed E-state index contributed by atoms with van der Waals surface area (Å²) in [5, 5.41) is 10.9. The van der Waals surface area contributed by atoms with Crippen LogP contribution in [0.5, 0.6) is 0 Å². The predicted octanol–water partition coefficient (Wildman–Crippen LogP) is 5.64. The summed E-state index contributed by atoms with van der Waals surface area (Å²) in [4.78, 5) is 18.3. The van der Waals surface area contributed by atoms with Crippen LogP contribution in [0.1, 0.15) is 71.6 Å². The maximum Gasteiger partial charge on any atom is 0.156 e. The van der Waals surface area contributed by atoms with Crippen LogP contribution in [0.2, 0.25) is 0 Å². The standard InChI is InChI=1S/C30H42N2O3/c1-28(34)14-15-30(18-35-3)20(16-28)8-9-21-22-10-11-24(29(22,2)13-12-23(21)30)27(33)17-32-19-31-25-6-4-5-7-26(25)32/h4-7,19-24,34H,8-18H2,1-3H3. The van der Waals surface area contributed by atoms with Crippen LogP contribution in [-0.2, 0) is 16.1 Å². The van der Waals surface area contributed by atoms with Crippen LogP contribution in [0, 0.1) is 40.4 Å². The fraction of sp³-hybridized carbons (Fsp3) is 0.733. The monoisotopic (exact) mass is 478 g/mol. The van der Waals surface area contributed by atoms with Crippen LogP contribution < -0.4 is 0 Å². The summed E-state index contributed by atoms with van der Waals surface area (Å²) in [7, 11) is 1.86. The Morgan fingerprint density at radius 3 is 2.74 bits per heavy atom. The third-order valence-electron chi connectivity index (χ3n) is 11.3. The summed E-state index contributed by atoms with van der Waals surface area (Å²) < 4.78 is 7.95. The highest BCUT2D eigenvalue weighted by Crippen LogP contribution is 2.68. The number of carbonyl (C=O) groups is 1. The van der Waals surface area contributed by atoms with E-state index in [4.69, 9.17) is 4.74 Å². The van der Waals surface area contributed by atoms with Gasteiger partial charge in [-0.1, -0.05) is 19.1 Å². The van der Waals surface area contributed by atoms with Gasteiger partial charge in [0.15, 0.2) is 5.78 Å². The second-order valence-corrected chi connectivity index (χ2v) is 13.0. The number of ether oxygens (including phenoxy) is 1. The molecule has 8 atom stereocenters. The SMILES string of the molecule is COCC12CCC(C)(O)CC1CCC1C3CCC(C(=O)Cn4cnc5ccccc54)C3(C)CCC12. The molecule has 4 aliphatic carbocycles. The maximum atomic E-state index is 13.7. The Bertz CT molecular complexity index is 1110. The molecule has 2 aromatic rings. The van der Waals surface area contributed by atoms with Gasteiger partial charge in [0.05, 0.1) is 36.1 Å². The molecule has 1 heterocycles. The summed E-state index contributed by atoms with van der Waals surface area (Å²) in [5.41, 5.74) is 1.80. The number of methoxy groups -OCH3 is 1. The third kappa shape index (κ3) is 3.63. The lowest BCUT2D eigenvalue weighted by Crippen LogP contribution is -2.58. The van der Waals surface area contributed by atoms with Crippen molar-refractivity contribution in [2.45, 2.75) is 83.8 Å². The molecule has 0 saturated heterocycles. The van der Waals surface area contributed by atoms with Gasteiger partial charge in [-0.25, -0.2) is 4.98 Å². The Morgan fingerprint density at radius 2 is 1.91 bits per heavy atom. The molecule has 0 spiro atoms. The first-order valence-corrected chi connectivity index (χ1v) is 13.9. The van der Waals surface area contributed by atoms with E-state index in [-0.39, 0.29) is 16.7 Å². The zero-order chi connectivity index (χ0) is 24.4. The van der Waals surface area contributed by atoms with E-state index in [0.29, 0.717) is 36.0 Å². The topological polar surface area (TPSA) is 64.3 Å². The number of hydrogen-bond donors (Lipinski definition) is 1. The van der Waals surface area contributed by atoms with E-state index in [0.717, 1.165) is 49.7 Å². The molecule has 0 amide bonds. The number of hydrogen-bond acceptors (Lipinski definition) is 4. The van der Waals surface area contributed by atoms with E-state index < -0.39 is 5.60 Å². The number of nitrogens with zero attached hydrogens (tertiary/aromatic N) is 2. The number of carbonyl (C=O) groups excluding carboxylic acids is 1. The van der Waals surface area contributed by atoms with Crippen molar-refractivity contribution in [1.82, 2.24) is 9.55 Å². The predicted molar refractivity (Wildman–Crippen MR) is 137 cm³/mol. The fourth-order valence-corrected chi connectivity index (χ4v) is 9.73. The summed E-state index contributed by atoms with van der Waals surface area (Å²) in [5.74, 6) is 3.09. The number of aromatic nitrogens is 2. The van der Waals surface area contributed by atoms with Crippen LogP contribution in [0.3, 0.4) is 0 Å². The molecule has 0 aliphatic heterocycles. The Labute approximate surface area is 209 Å². The summed E-state index contributed by atoms with van der Waals surface area (Å²) in [6.07, 6.45) is 11.7. The van der Waals surface area contributed by atoms with Gasteiger partial charge >= 0.3 is 0 Å². The number of ketones is 1. The van der Waals surface area contributed by atoms with Crippen LogP contribution in [-0.4, -0.2) is 39.8 Å². The normalized spacial score (nSPS) is 42.9. The number of imidazole rings is 1. The molecular formula is C30H42N2O3. The molecule has 0 radical (unpaired) electrons. The Kier molecular flexibility index (Phi) is 5.69. The average molecular weight is 479 g/mol. The van der Waals surface area contributed by atoms with Crippen molar-refractivity contribution in [3.8, 4) is 0 Å². The van der Waals surface area contributed by atoms with Gasteiger partial charge in [0.2, 0.25) is 0 Å². The van der Waals surface area contributed by atoms with E-state index in [1.165, 1.54) is 25.7 Å². The molecule has 1 aromatic heterocycles. The minimum Gasteiger partial charge on any atom is -0.390 e. The second-order valence-electron chi connectivity index (χ2n) is 13.0. The quantitative estimate of drug-likeness (QED) is 0.604. The Morgan fingerprint density at radius 1 is 1.09 bits per heavy atom. The van der Waals surface area contributed by atoms with Crippen molar-refractivity contribution in [3.63, 3.8) is 0 Å². The molecular weight excluding hydrogens is 436 g/mol. The highest BCUT2D eigenvalue weighted by molar-refractivity contribution is 5.84. The van der Waals surface area contributed by atoms with Crippen LogP contribution in [0.25, 0.3) is 11.0 Å². The first-order chi connectivity index (χ1) is 16.8. The van der Waals surface area contributed by atoms with E-state index in [1.807, 2.05) is 43.1 Å². The number of Topliss-reactive ketones (excluding diaryl/α,β-unsaturated/α-hetero) is 1. The molecule has 1 N–H and O–H groups in total. The van der Waals surface area contributed by atoms with Crippen LogP contribution in [0.15, 0.2) is 30.6 Å². The lowest BCUT2D eigenvalue weighted by Gasteiger charge is -2.62. The molecule has 4 aliphatic rings. The molecule has 8 unspecified atom stereocenters. The van der Waals surface area contributed by atoms with Gasteiger partial charge in [-0.15, -0.1) is 0 Å². The third-order valence-corrected chi connectivity index (χ3v) is 11.3. The summed E-state index contributed by atoms with van der Waals surface area (Å²) >= 11 is 0. The summed E-state index contributed by atoms with van der Waals surface area (Å²) in [6, 6.07) is 8.10. The highest BCUT2D eigenvalue weighted by atomic mass is 16.5. The molecule has 6 rings (SSSR count). The van der Waals surface area contributed by atoms with Crippen LogP contribution >= 0.6 is 0 Å². The smallest absolute Gasteiger partial charge is 0.156 e. The van der Waals surface area contributed by atoms with Crippen molar-refractivity contribution >= 4 is 16.8 Å². The van der Waals surface area contributed by atoms with Crippen molar-refractivity contribution in [3.05, 3.63) is 30.6 Å². The van der Waals surface area contributed by atoms with E-state index >= 15 is 0 Å². The molecule has 5 nitrogen and oxygen atoms in total. The number of aliphatic hydroxyl groups is 1. The van der Waals surface area contributed by atoms with E-state index in [2.05, 4.69) is 18.0 Å².